The summed E-state index contributed by atoms with van der Waals surface area (Å²) < 4.78 is 31.4. The van der Waals surface area contributed by atoms with Crippen LogP contribution in [-0.2, 0) is 21.4 Å². The van der Waals surface area contributed by atoms with Gasteiger partial charge in [0, 0.05) is 24.7 Å². The summed E-state index contributed by atoms with van der Waals surface area (Å²) in [4.78, 5) is 12.5. The van der Waals surface area contributed by atoms with Crippen molar-refractivity contribution in [3.05, 3.63) is 53.1 Å². The number of hydrogen-bond donors (Lipinski definition) is 1. The summed E-state index contributed by atoms with van der Waals surface area (Å²) in [5, 5.41) is 2.92. The van der Waals surface area contributed by atoms with Crippen LogP contribution in [0.25, 0.3) is 0 Å². The summed E-state index contributed by atoms with van der Waals surface area (Å²) in [5.74, 6) is 0.276. The summed E-state index contributed by atoms with van der Waals surface area (Å²) in [6, 6.07) is 11.2. The number of aryl methyl sites for hydroxylation is 2. The molecule has 164 valence electrons. The largest absolute Gasteiger partial charge is 0.487 e. The molecule has 30 heavy (non-hydrogen) atoms. The van der Waals surface area contributed by atoms with Gasteiger partial charge in [0.1, 0.15) is 12.4 Å². The van der Waals surface area contributed by atoms with Crippen LogP contribution in [0.5, 0.6) is 5.75 Å². The van der Waals surface area contributed by atoms with Crippen LogP contribution in [0.15, 0.2) is 36.4 Å². The number of amides is 1. The predicted molar refractivity (Wildman–Crippen MR) is 123 cm³/mol. The first-order chi connectivity index (χ1) is 14.1. The summed E-state index contributed by atoms with van der Waals surface area (Å²) in [7, 11) is -1.98. The van der Waals surface area contributed by atoms with Crippen LogP contribution >= 0.6 is 0 Å². The molecule has 0 aliphatic rings. The van der Waals surface area contributed by atoms with Gasteiger partial charge in [0.25, 0.3) is 0 Å². The number of rotatable bonds is 9. The molecular formula is C23H32N2O4S. The molecule has 1 N–H and O–H groups in total. The van der Waals surface area contributed by atoms with Gasteiger partial charge in [-0.15, -0.1) is 0 Å². The van der Waals surface area contributed by atoms with Crippen LogP contribution in [0.4, 0.5) is 11.4 Å². The molecule has 0 spiro atoms. The van der Waals surface area contributed by atoms with Gasteiger partial charge >= 0.3 is 0 Å². The molecule has 6 nitrogen and oxygen atoms in total. The first-order valence-electron chi connectivity index (χ1n) is 10.1. The fraction of sp³-hybridized carbons (Fsp3) is 0.435. The first kappa shape index (κ1) is 23.7. The lowest BCUT2D eigenvalue weighted by Crippen LogP contribution is -2.26. The van der Waals surface area contributed by atoms with Crippen LogP contribution < -0.4 is 14.4 Å². The molecule has 0 aliphatic carbocycles. The van der Waals surface area contributed by atoms with Crippen LogP contribution in [0.3, 0.4) is 0 Å². The third kappa shape index (κ3) is 5.98. The average Bonchev–Trinajstić information content (AvgIpc) is 2.68. The summed E-state index contributed by atoms with van der Waals surface area (Å²) in [5.41, 5.74) is 4.24. The van der Waals surface area contributed by atoms with Gasteiger partial charge in [-0.1, -0.05) is 37.6 Å². The summed E-state index contributed by atoms with van der Waals surface area (Å²) in [6.07, 6.45) is 2.66. The van der Waals surface area contributed by atoms with Crippen LogP contribution in [0.1, 0.15) is 43.4 Å². The Kier molecular flexibility index (Phi) is 7.89. The van der Waals surface area contributed by atoms with E-state index >= 15 is 0 Å². The molecular weight excluding hydrogens is 400 g/mol. The molecule has 2 rings (SSSR count). The highest BCUT2D eigenvalue weighted by atomic mass is 32.2. The molecule has 0 atom stereocenters. The second kappa shape index (κ2) is 9.98. The number of sulfonamides is 1. The molecule has 0 unspecified atom stereocenters. The molecule has 7 heteroatoms. The maximum Gasteiger partial charge on any atom is 0.232 e. The Morgan fingerprint density at radius 2 is 1.77 bits per heavy atom. The average molecular weight is 433 g/mol. The Morgan fingerprint density at radius 3 is 2.37 bits per heavy atom. The van der Waals surface area contributed by atoms with E-state index in [2.05, 4.69) is 5.32 Å². The van der Waals surface area contributed by atoms with Crippen molar-refractivity contribution in [3.63, 3.8) is 0 Å². The first-order valence-corrected chi connectivity index (χ1v) is 12.0. The molecule has 0 saturated carbocycles. The fourth-order valence-electron chi connectivity index (χ4n) is 3.16. The molecule has 0 fully saturated rings. The van der Waals surface area contributed by atoms with Crippen LogP contribution in [0, 0.1) is 19.8 Å². The summed E-state index contributed by atoms with van der Waals surface area (Å²) >= 11 is 0. The van der Waals surface area contributed by atoms with Crippen molar-refractivity contribution >= 4 is 27.3 Å². The third-order valence-electron chi connectivity index (χ3n) is 5.31. The van der Waals surface area contributed by atoms with Gasteiger partial charge in [-0.25, -0.2) is 8.42 Å². The lowest BCUT2D eigenvalue weighted by Gasteiger charge is -2.22. The molecule has 0 saturated heterocycles. The van der Waals surface area contributed by atoms with E-state index in [1.165, 1.54) is 11.4 Å². The number of carbonyl (C=O) groups is 1. The van der Waals surface area contributed by atoms with Crippen molar-refractivity contribution in [2.45, 2.75) is 47.1 Å². The van der Waals surface area contributed by atoms with Gasteiger partial charge in [-0.3, -0.25) is 9.10 Å². The lowest BCUT2D eigenvalue weighted by molar-refractivity contribution is -0.120. The zero-order chi connectivity index (χ0) is 22.5. The number of anilines is 2. The Bertz CT molecular complexity index is 998. The minimum atomic E-state index is -3.47. The van der Waals surface area contributed by atoms with Crippen LogP contribution in [0.2, 0.25) is 0 Å². The molecule has 2 aromatic rings. The zero-order valence-corrected chi connectivity index (χ0v) is 19.5. The highest BCUT2D eigenvalue weighted by Gasteiger charge is 2.19. The highest BCUT2D eigenvalue weighted by molar-refractivity contribution is 7.92. The van der Waals surface area contributed by atoms with E-state index in [1.54, 1.807) is 18.2 Å². The molecule has 0 heterocycles. The number of nitrogens with zero attached hydrogens (tertiary/aromatic N) is 1. The smallest absolute Gasteiger partial charge is 0.232 e. The van der Waals surface area contributed by atoms with Crippen LogP contribution in [-0.4, -0.2) is 27.6 Å². The Morgan fingerprint density at radius 1 is 1.10 bits per heavy atom. The number of benzene rings is 2. The van der Waals surface area contributed by atoms with Crippen molar-refractivity contribution < 1.29 is 17.9 Å². The standard InChI is InChI=1S/C23H32N2O4S/c1-7-18(8-2)23(26)24-20-11-12-21(25(5)30(6,27)28)22(14-20)29-15-19-13-16(3)9-10-17(19)4/h9-14,18H,7-8,15H2,1-6H3,(H,24,26). The van der Waals surface area contributed by atoms with Crippen molar-refractivity contribution in [1.82, 2.24) is 0 Å². The minimum Gasteiger partial charge on any atom is -0.487 e. The molecule has 0 aromatic heterocycles. The van der Waals surface area contributed by atoms with E-state index < -0.39 is 10.0 Å². The Labute approximate surface area is 180 Å². The van der Waals surface area contributed by atoms with E-state index in [0.29, 0.717) is 23.7 Å². The van der Waals surface area contributed by atoms with E-state index in [1.807, 2.05) is 45.9 Å². The number of hydrogen-bond acceptors (Lipinski definition) is 4. The van der Waals surface area contributed by atoms with Gasteiger partial charge in [0.05, 0.1) is 11.9 Å². The van der Waals surface area contributed by atoms with Crippen molar-refractivity contribution in [2.75, 3.05) is 22.9 Å². The van der Waals surface area contributed by atoms with Gasteiger partial charge < -0.3 is 10.1 Å². The van der Waals surface area contributed by atoms with Crippen molar-refractivity contribution in [2.24, 2.45) is 5.92 Å². The number of carbonyl (C=O) groups excluding carboxylic acids is 1. The van der Waals surface area contributed by atoms with E-state index in [-0.39, 0.29) is 11.8 Å². The molecule has 1 amide bonds. The van der Waals surface area contributed by atoms with Gasteiger partial charge in [0.15, 0.2) is 0 Å². The molecule has 0 radical (unpaired) electrons. The monoisotopic (exact) mass is 432 g/mol. The lowest BCUT2D eigenvalue weighted by atomic mass is 10.0. The van der Waals surface area contributed by atoms with Gasteiger partial charge in [-0.05, 0) is 49.9 Å². The maximum atomic E-state index is 12.5. The molecule has 0 bridgehead atoms. The quantitative estimate of drug-likeness (QED) is 0.626. The van der Waals surface area contributed by atoms with E-state index in [9.17, 15) is 13.2 Å². The summed E-state index contributed by atoms with van der Waals surface area (Å²) in [6.45, 7) is 8.28. The Balaban J connectivity index is 2.37. The second-order valence-electron chi connectivity index (χ2n) is 7.63. The minimum absolute atomic E-state index is 0.0512. The van der Waals surface area contributed by atoms with Gasteiger partial charge in [-0.2, -0.15) is 0 Å². The SMILES string of the molecule is CCC(CC)C(=O)Nc1ccc(N(C)S(C)(=O)=O)c(OCc2cc(C)ccc2C)c1. The normalized spacial score (nSPS) is 11.4. The maximum absolute atomic E-state index is 12.5. The number of ether oxygens (including phenoxy) is 1. The molecule has 0 aliphatic heterocycles. The Hall–Kier alpha value is -2.54. The topological polar surface area (TPSA) is 75.7 Å². The highest BCUT2D eigenvalue weighted by Crippen LogP contribution is 2.33. The van der Waals surface area contributed by atoms with Crippen molar-refractivity contribution in [3.8, 4) is 5.75 Å². The fourth-order valence-corrected chi connectivity index (χ4v) is 3.67. The predicted octanol–water partition coefficient (Wildman–Crippen LogP) is 4.65. The number of nitrogens with one attached hydrogen (secondary N) is 1. The van der Waals surface area contributed by atoms with E-state index in [4.69, 9.17) is 4.74 Å². The van der Waals surface area contributed by atoms with Gasteiger partial charge in [0.2, 0.25) is 15.9 Å². The third-order valence-corrected chi connectivity index (χ3v) is 6.50. The van der Waals surface area contributed by atoms with E-state index in [0.717, 1.165) is 35.8 Å². The zero-order valence-electron chi connectivity index (χ0n) is 18.7. The van der Waals surface area contributed by atoms with Crippen molar-refractivity contribution in [1.29, 1.82) is 0 Å². The molecule has 2 aromatic carbocycles. The second-order valence-corrected chi connectivity index (χ2v) is 9.65.